The first-order valence-electron chi connectivity index (χ1n) is 5.56. The molecule has 4 nitrogen and oxygen atoms in total. The van der Waals surface area contributed by atoms with Gasteiger partial charge in [0.25, 0.3) is 0 Å². The third-order valence-corrected chi connectivity index (χ3v) is 2.75. The Kier molecular flexibility index (Phi) is 3.74. The molecule has 1 N–H and O–H groups in total. The monoisotopic (exact) mass is 223 g/mol. The van der Waals surface area contributed by atoms with E-state index in [9.17, 15) is 0 Å². The standard InChI is InChI=1S/C12H17NO3/c1-9-4-12(11(6-14)5-13-9)16-8-10-2-3-15-7-10/h4-5,10,14H,2-3,6-8H2,1H3. The number of pyridine rings is 1. The van der Waals surface area contributed by atoms with E-state index in [0.717, 1.165) is 36.6 Å². The number of aliphatic hydroxyl groups excluding tert-OH is 1. The van der Waals surface area contributed by atoms with Crippen LogP contribution in [0, 0.1) is 12.8 Å². The van der Waals surface area contributed by atoms with Gasteiger partial charge in [0, 0.05) is 36.0 Å². The third-order valence-electron chi connectivity index (χ3n) is 2.75. The minimum absolute atomic E-state index is 0.0379. The number of aryl methyl sites for hydroxylation is 1. The lowest BCUT2D eigenvalue weighted by Gasteiger charge is -2.13. The molecule has 16 heavy (non-hydrogen) atoms. The van der Waals surface area contributed by atoms with E-state index < -0.39 is 0 Å². The number of hydrogen-bond donors (Lipinski definition) is 1. The van der Waals surface area contributed by atoms with Crippen LogP contribution < -0.4 is 4.74 Å². The van der Waals surface area contributed by atoms with Crippen LogP contribution in [0.2, 0.25) is 0 Å². The van der Waals surface area contributed by atoms with Crippen molar-refractivity contribution in [2.75, 3.05) is 19.8 Å². The van der Waals surface area contributed by atoms with Gasteiger partial charge in [-0.2, -0.15) is 0 Å². The van der Waals surface area contributed by atoms with E-state index in [1.807, 2.05) is 13.0 Å². The van der Waals surface area contributed by atoms with Gasteiger partial charge in [-0.15, -0.1) is 0 Å². The van der Waals surface area contributed by atoms with Crippen molar-refractivity contribution in [2.45, 2.75) is 20.0 Å². The fraction of sp³-hybridized carbons (Fsp3) is 0.583. The summed E-state index contributed by atoms with van der Waals surface area (Å²) < 4.78 is 11.0. The predicted molar refractivity (Wildman–Crippen MR) is 59.3 cm³/mol. The molecule has 1 atom stereocenters. The van der Waals surface area contributed by atoms with E-state index in [4.69, 9.17) is 14.6 Å². The first kappa shape index (κ1) is 11.4. The molecule has 1 fully saturated rings. The molecular weight excluding hydrogens is 206 g/mol. The molecule has 1 aliphatic rings. The Labute approximate surface area is 95.2 Å². The maximum Gasteiger partial charge on any atom is 0.128 e. The van der Waals surface area contributed by atoms with Crippen LogP contribution in [0.15, 0.2) is 12.3 Å². The first-order valence-corrected chi connectivity index (χ1v) is 5.56. The molecule has 0 saturated carbocycles. The minimum atomic E-state index is -0.0379. The molecule has 1 unspecified atom stereocenters. The van der Waals surface area contributed by atoms with Gasteiger partial charge in [-0.05, 0) is 13.3 Å². The van der Waals surface area contributed by atoms with Gasteiger partial charge in [0.2, 0.25) is 0 Å². The normalized spacial score (nSPS) is 20.0. The number of hydrogen-bond acceptors (Lipinski definition) is 4. The average Bonchev–Trinajstić information content (AvgIpc) is 2.79. The molecule has 0 amide bonds. The number of aliphatic hydroxyl groups is 1. The van der Waals surface area contributed by atoms with Gasteiger partial charge < -0.3 is 14.6 Å². The topological polar surface area (TPSA) is 51.6 Å². The van der Waals surface area contributed by atoms with Crippen molar-refractivity contribution in [1.82, 2.24) is 4.98 Å². The Morgan fingerprint density at radius 1 is 1.62 bits per heavy atom. The third kappa shape index (κ3) is 2.71. The predicted octanol–water partition coefficient (Wildman–Crippen LogP) is 1.30. The van der Waals surface area contributed by atoms with Gasteiger partial charge in [0.15, 0.2) is 0 Å². The Hall–Kier alpha value is -1.13. The van der Waals surface area contributed by atoms with Crippen molar-refractivity contribution < 1.29 is 14.6 Å². The average molecular weight is 223 g/mol. The van der Waals surface area contributed by atoms with Crippen molar-refractivity contribution in [3.05, 3.63) is 23.5 Å². The molecule has 0 radical (unpaired) electrons. The molecule has 1 aliphatic heterocycles. The summed E-state index contributed by atoms with van der Waals surface area (Å²) in [4.78, 5) is 4.13. The van der Waals surface area contributed by atoms with E-state index in [1.54, 1.807) is 6.20 Å². The van der Waals surface area contributed by atoms with Crippen LogP contribution >= 0.6 is 0 Å². The lowest BCUT2D eigenvalue weighted by atomic mass is 10.1. The van der Waals surface area contributed by atoms with Gasteiger partial charge in [-0.3, -0.25) is 4.98 Å². The second kappa shape index (κ2) is 5.27. The quantitative estimate of drug-likeness (QED) is 0.835. The van der Waals surface area contributed by atoms with Crippen LogP contribution in [0.1, 0.15) is 17.7 Å². The zero-order chi connectivity index (χ0) is 11.4. The fourth-order valence-corrected chi connectivity index (χ4v) is 1.74. The number of ether oxygens (including phenoxy) is 2. The molecule has 1 aromatic rings. The highest BCUT2D eigenvalue weighted by Gasteiger charge is 2.16. The van der Waals surface area contributed by atoms with Crippen molar-refractivity contribution >= 4 is 0 Å². The molecule has 1 saturated heterocycles. The number of nitrogens with zero attached hydrogens (tertiary/aromatic N) is 1. The SMILES string of the molecule is Cc1cc(OCC2CCOC2)c(CO)cn1. The lowest BCUT2D eigenvalue weighted by Crippen LogP contribution is -2.12. The van der Waals surface area contributed by atoms with Crippen LogP contribution in [0.3, 0.4) is 0 Å². The second-order valence-electron chi connectivity index (χ2n) is 4.13. The molecule has 88 valence electrons. The van der Waals surface area contributed by atoms with Gasteiger partial charge in [0.05, 0.1) is 19.8 Å². The molecule has 0 aliphatic carbocycles. The molecule has 4 heteroatoms. The summed E-state index contributed by atoms with van der Waals surface area (Å²) in [5, 5.41) is 9.16. The van der Waals surface area contributed by atoms with Crippen LogP contribution in [-0.4, -0.2) is 29.9 Å². The van der Waals surface area contributed by atoms with Crippen molar-refractivity contribution in [2.24, 2.45) is 5.92 Å². The maximum atomic E-state index is 9.16. The summed E-state index contributed by atoms with van der Waals surface area (Å²) in [5.41, 5.74) is 1.64. The van der Waals surface area contributed by atoms with E-state index >= 15 is 0 Å². The van der Waals surface area contributed by atoms with Gasteiger partial charge in [-0.1, -0.05) is 0 Å². The highest BCUT2D eigenvalue weighted by molar-refractivity contribution is 5.32. The molecule has 0 aromatic carbocycles. The van der Waals surface area contributed by atoms with Crippen molar-refractivity contribution in [1.29, 1.82) is 0 Å². The molecular formula is C12H17NO3. The second-order valence-corrected chi connectivity index (χ2v) is 4.13. The van der Waals surface area contributed by atoms with Crippen molar-refractivity contribution in [3.8, 4) is 5.75 Å². The number of rotatable bonds is 4. The smallest absolute Gasteiger partial charge is 0.128 e. The summed E-state index contributed by atoms with van der Waals surface area (Å²) >= 11 is 0. The Balaban J connectivity index is 1.98. The highest BCUT2D eigenvalue weighted by Crippen LogP contribution is 2.21. The first-order chi connectivity index (χ1) is 7.79. The van der Waals surface area contributed by atoms with Crippen LogP contribution in [0.5, 0.6) is 5.75 Å². The summed E-state index contributed by atoms with van der Waals surface area (Å²) in [5.74, 6) is 1.21. The van der Waals surface area contributed by atoms with Gasteiger partial charge >= 0.3 is 0 Å². The lowest BCUT2D eigenvalue weighted by molar-refractivity contribution is 0.165. The van der Waals surface area contributed by atoms with Gasteiger partial charge in [0.1, 0.15) is 5.75 Å². The van der Waals surface area contributed by atoms with E-state index in [1.165, 1.54) is 0 Å². The Bertz CT molecular complexity index is 348. The van der Waals surface area contributed by atoms with Crippen LogP contribution in [0.25, 0.3) is 0 Å². The maximum absolute atomic E-state index is 9.16. The fourth-order valence-electron chi connectivity index (χ4n) is 1.74. The molecule has 0 spiro atoms. The largest absolute Gasteiger partial charge is 0.493 e. The Morgan fingerprint density at radius 2 is 2.50 bits per heavy atom. The zero-order valence-electron chi connectivity index (χ0n) is 9.48. The summed E-state index contributed by atoms with van der Waals surface area (Å²) in [6.45, 7) is 4.13. The summed E-state index contributed by atoms with van der Waals surface area (Å²) in [7, 11) is 0. The van der Waals surface area contributed by atoms with Crippen LogP contribution in [-0.2, 0) is 11.3 Å². The van der Waals surface area contributed by atoms with Crippen LogP contribution in [0.4, 0.5) is 0 Å². The highest BCUT2D eigenvalue weighted by atomic mass is 16.5. The van der Waals surface area contributed by atoms with E-state index in [-0.39, 0.29) is 6.61 Å². The minimum Gasteiger partial charge on any atom is -0.493 e. The molecule has 0 bridgehead atoms. The molecule has 2 rings (SSSR count). The summed E-state index contributed by atoms with van der Waals surface area (Å²) in [6, 6.07) is 1.86. The Morgan fingerprint density at radius 3 is 3.19 bits per heavy atom. The number of aromatic nitrogens is 1. The molecule has 2 heterocycles. The zero-order valence-corrected chi connectivity index (χ0v) is 9.48. The van der Waals surface area contributed by atoms with Crippen molar-refractivity contribution in [3.63, 3.8) is 0 Å². The molecule has 1 aromatic heterocycles. The summed E-state index contributed by atoms with van der Waals surface area (Å²) in [6.07, 6.45) is 2.72. The van der Waals surface area contributed by atoms with E-state index in [2.05, 4.69) is 4.98 Å². The van der Waals surface area contributed by atoms with E-state index in [0.29, 0.717) is 12.5 Å². The van der Waals surface area contributed by atoms with Gasteiger partial charge in [-0.25, -0.2) is 0 Å².